The van der Waals surface area contributed by atoms with E-state index >= 15 is 0 Å². The summed E-state index contributed by atoms with van der Waals surface area (Å²) in [6, 6.07) is 7.66. The third-order valence-electron chi connectivity index (χ3n) is 2.92. The van der Waals surface area contributed by atoms with Crippen LogP contribution >= 0.6 is 7.60 Å². The van der Waals surface area contributed by atoms with E-state index in [-0.39, 0.29) is 12.5 Å². The summed E-state index contributed by atoms with van der Waals surface area (Å²) in [6.07, 6.45) is -0.0993. The van der Waals surface area contributed by atoms with E-state index in [9.17, 15) is 4.57 Å². The van der Waals surface area contributed by atoms with Gasteiger partial charge in [0.1, 0.15) is 0 Å². The Morgan fingerprint density at radius 2 is 1.36 bits per heavy atom. The van der Waals surface area contributed by atoms with Crippen LogP contribution in [0.1, 0.15) is 45.1 Å². The Bertz CT molecular complexity index is 444. The van der Waals surface area contributed by atoms with Crippen LogP contribution in [0.5, 0.6) is 0 Å². The second-order valence-electron chi connectivity index (χ2n) is 4.59. The lowest BCUT2D eigenvalue weighted by Gasteiger charge is -2.19. The van der Waals surface area contributed by atoms with Gasteiger partial charge >= 0.3 is 7.60 Å². The summed E-state index contributed by atoms with van der Waals surface area (Å²) < 4.78 is 34.3. The minimum absolute atomic E-state index is 0.267. The second kappa shape index (κ2) is 10.1. The van der Waals surface area contributed by atoms with Crippen LogP contribution in [0.25, 0.3) is 0 Å². The molecule has 0 aromatic heterocycles. The molecule has 0 saturated heterocycles. The highest BCUT2D eigenvalue weighted by Crippen LogP contribution is 2.51. The van der Waals surface area contributed by atoms with Gasteiger partial charge in [-0.05, 0) is 33.3 Å². The Morgan fingerprint density at radius 3 is 1.77 bits per heavy atom. The van der Waals surface area contributed by atoms with E-state index in [1.807, 2.05) is 52.0 Å². The van der Waals surface area contributed by atoms with Gasteiger partial charge in [0.25, 0.3) is 0 Å². The maximum absolute atomic E-state index is 12.5. The van der Waals surface area contributed by atoms with Gasteiger partial charge in [-0.15, -0.1) is 0 Å². The average Bonchev–Trinajstić information content (AvgIpc) is 2.48. The van der Waals surface area contributed by atoms with Gasteiger partial charge in [-0.1, -0.05) is 24.3 Å². The van der Waals surface area contributed by atoms with Crippen LogP contribution < -0.4 is 0 Å². The first-order valence-corrected chi connectivity index (χ1v) is 9.51. The summed E-state index contributed by atoms with van der Waals surface area (Å²) in [6.45, 7) is 9.37. The van der Waals surface area contributed by atoms with Crippen LogP contribution in [0.3, 0.4) is 0 Å². The van der Waals surface area contributed by atoms with Crippen LogP contribution in [0, 0.1) is 0 Å². The van der Waals surface area contributed by atoms with Crippen LogP contribution in [-0.4, -0.2) is 26.4 Å². The van der Waals surface area contributed by atoms with Crippen LogP contribution in [0.4, 0.5) is 0 Å². The van der Waals surface area contributed by atoms with Gasteiger partial charge < -0.3 is 18.5 Å². The Balaban J connectivity index is 2.80. The molecule has 0 aliphatic rings. The summed E-state index contributed by atoms with van der Waals surface area (Å²) in [5.74, 6) is 0. The molecule has 5 nitrogen and oxygen atoms in total. The van der Waals surface area contributed by atoms with Gasteiger partial charge in [-0.25, -0.2) is 0 Å². The Kier molecular flexibility index (Phi) is 8.91. The van der Waals surface area contributed by atoms with Gasteiger partial charge in [-0.3, -0.25) is 4.57 Å². The first-order chi connectivity index (χ1) is 10.6. The van der Waals surface area contributed by atoms with E-state index in [2.05, 4.69) is 0 Å². The van der Waals surface area contributed by atoms with E-state index in [1.54, 1.807) is 0 Å². The molecule has 0 N–H and O–H groups in total. The topological polar surface area (TPSA) is 54.0 Å². The minimum atomic E-state index is -3.07. The molecule has 1 aromatic rings. The predicted molar refractivity (Wildman–Crippen MR) is 87.0 cm³/mol. The molecule has 0 atom stereocenters. The molecular formula is C16H27O5P. The summed E-state index contributed by atoms with van der Waals surface area (Å²) in [5, 5.41) is 0. The van der Waals surface area contributed by atoms with Gasteiger partial charge in [0.05, 0.1) is 19.4 Å². The number of rotatable bonds is 11. The summed E-state index contributed by atoms with van der Waals surface area (Å²) >= 11 is 0. The van der Waals surface area contributed by atoms with Crippen molar-refractivity contribution >= 4 is 7.60 Å². The second-order valence-corrected chi connectivity index (χ2v) is 6.64. The van der Waals surface area contributed by atoms with Crippen molar-refractivity contribution in [3.05, 3.63) is 35.4 Å². The van der Waals surface area contributed by atoms with Crippen LogP contribution in [-0.2, 0) is 29.2 Å². The van der Waals surface area contributed by atoms with Crippen molar-refractivity contribution in [2.75, 3.05) is 26.4 Å². The maximum atomic E-state index is 12.5. The standard InChI is InChI=1S/C16H27O5P/c1-5-18-16(19-6-2)15-11-9-14(10-12-15)13-22(17,20-7-3)21-8-4/h9-12,16H,5-8,13H2,1-4H3. The molecule has 0 radical (unpaired) electrons. The highest BCUT2D eigenvalue weighted by atomic mass is 31.2. The van der Waals surface area contributed by atoms with Crippen molar-refractivity contribution in [3.8, 4) is 0 Å². The molecule has 126 valence electrons. The Morgan fingerprint density at radius 1 is 0.864 bits per heavy atom. The zero-order chi connectivity index (χ0) is 16.4. The summed E-state index contributed by atoms with van der Waals surface area (Å²) in [7, 11) is -3.07. The fourth-order valence-electron chi connectivity index (χ4n) is 2.07. The molecular weight excluding hydrogens is 303 g/mol. The zero-order valence-electron chi connectivity index (χ0n) is 13.9. The third-order valence-corrected chi connectivity index (χ3v) is 4.97. The lowest BCUT2D eigenvalue weighted by atomic mass is 10.1. The van der Waals surface area contributed by atoms with Gasteiger partial charge in [0.15, 0.2) is 6.29 Å². The molecule has 0 bridgehead atoms. The van der Waals surface area contributed by atoms with E-state index in [4.69, 9.17) is 18.5 Å². The fraction of sp³-hybridized carbons (Fsp3) is 0.625. The highest BCUT2D eigenvalue weighted by molar-refractivity contribution is 7.53. The van der Waals surface area contributed by atoms with Crippen molar-refractivity contribution in [2.24, 2.45) is 0 Å². The molecule has 0 unspecified atom stereocenters. The maximum Gasteiger partial charge on any atom is 0.335 e. The molecule has 0 amide bonds. The minimum Gasteiger partial charge on any atom is -0.349 e. The van der Waals surface area contributed by atoms with E-state index in [0.717, 1.165) is 11.1 Å². The predicted octanol–water partition coefficient (Wildman–Crippen LogP) is 4.52. The van der Waals surface area contributed by atoms with Gasteiger partial charge in [-0.2, -0.15) is 0 Å². The molecule has 22 heavy (non-hydrogen) atoms. The lowest BCUT2D eigenvalue weighted by Crippen LogP contribution is -2.08. The SMILES string of the molecule is CCOC(OCC)c1ccc(CP(=O)(OCC)OCC)cc1. The smallest absolute Gasteiger partial charge is 0.335 e. The summed E-state index contributed by atoms with van der Waals surface area (Å²) in [4.78, 5) is 0. The summed E-state index contributed by atoms with van der Waals surface area (Å²) in [5.41, 5.74) is 1.84. The number of hydrogen-bond acceptors (Lipinski definition) is 5. The van der Waals surface area contributed by atoms with Crippen molar-refractivity contribution in [3.63, 3.8) is 0 Å². The monoisotopic (exact) mass is 330 g/mol. The molecule has 0 spiro atoms. The zero-order valence-corrected chi connectivity index (χ0v) is 14.8. The largest absolute Gasteiger partial charge is 0.349 e. The van der Waals surface area contributed by atoms with Crippen molar-refractivity contribution in [1.82, 2.24) is 0 Å². The van der Waals surface area contributed by atoms with Crippen LogP contribution in [0.2, 0.25) is 0 Å². The van der Waals surface area contributed by atoms with Crippen molar-refractivity contribution in [1.29, 1.82) is 0 Å². The van der Waals surface area contributed by atoms with E-state index in [0.29, 0.717) is 26.4 Å². The molecule has 0 fully saturated rings. The Hall–Kier alpha value is -0.710. The van der Waals surface area contributed by atoms with E-state index in [1.165, 1.54) is 0 Å². The Labute approximate surface area is 133 Å². The highest BCUT2D eigenvalue weighted by Gasteiger charge is 2.24. The number of benzene rings is 1. The fourth-order valence-corrected chi connectivity index (χ4v) is 3.77. The number of ether oxygens (including phenoxy) is 2. The van der Waals surface area contributed by atoms with Gasteiger partial charge in [0, 0.05) is 18.8 Å². The first kappa shape index (κ1) is 19.3. The molecule has 0 heterocycles. The van der Waals surface area contributed by atoms with E-state index < -0.39 is 7.60 Å². The molecule has 0 aliphatic heterocycles. The number of hydrogen-bond donors (Lipinski definition) is 0. The van der Waals surface area contributed by atoms with Crippen molar-refractivity contribution < 1.29 is 23.1 Å². The molecule has 1 aromatic carbocycles. The normalized spacial score (nSPS) is 12.0. The molecule has 0 saturated carbocycles. The average molecular weight is 330 g/mol. The first-order valence-electron chi connectivity index (χ1n) is 7.78. The van der Waals surface area contributed by atoms with Gasteiger partial charge in [0.2, 0.25) is 0 Å². The quantitative estimate of drug-likeness (QED) is 0.441. The lowest BCUT2D eigenvalue weighted by molar-refractivity contribution is -0.140. The van der Waals surface area contributed by atoms with Crippen LogP contribution in [0.15, 0.2) is 24.3 Å². The third kappa shape index (κ3) is 6.19. The van der Waals surface area contributed by atoms with Crippen molar-refractivity contribution in [2.45, 2.75) is 40.1 Å². The molecule has 0 aliphatic carbocycles. The molecule has 6 heteroatoms. The molecule has 1 rings (SSSR count).